The maximum atomic E-state index is 5.54. The number of fused-ring (bicyclic) bond motifs is 1. The van der Waals surface area contributed by atoms with Crippen LogP contribution in [0.25, 0.3) is 0 Å². The third-order valence-corrected chi connectivity index (χ3v) is 2.81. The van der Waals surface area contributed by atoms with Crippen molar-refractivity contribution < 1.29 is 14.2 Å². The van der Waals surface area contributed by atoms with Gasteiger partial charge in [0.25, 0.3) is 0 Å². The normalized spacial score (nSPS) is 13.6. The number of hydrogen-bond acceptors (Lipinski definition) is 4. The minimum absolute atomic E-state index is 0.295. The molecule has 100 valence electrons. The highest BCUT2D eigenvalue weighted by Crippen LogP contribution is 2.32. The Morgan fingerprint density at radius 2 is 2.06 bits per heavy atom. The van der Waals surface area contributed by atoms with Crippen molar-refractivity contribution in [3.8, 4) is 11.5 Å². The molecular weight excluding hydrogens is 230 g/mol. The molecule has 0 radical (unpaired) electrons. The lowest BCUT2D eigenvalue weighted by Crippen LogP contribution is -2.23. The maximum Gasteiger partial charge on any atom is 0.231 e. The smallest absolute Gasteiger partial charge is 0.231 e. The van der Waals surface area contributed by atoms with Crippen LogP contribution in [0.15, 0.2) is 18.2 Å². The summed E-state index contributed by atoms with van der Waals surface area (Å²) in [6, 6.07) is 6.09. The van der Waals surface area contributed by atoms with E-state index in [1.165, 1.54) is 5.56 Å². The van der Waals surface area contributed by atoms with Crippen LogP contribution in [0.4, 0.5) is 0 Å². The zero-order valence-electron chi connectivity index (χ0n) is 11.3. The molecule has 0 saturated heterocycles. The van der Waals surface area contributed by atoms with Crippen molar-refractivity contribution >= 4 is 0 Å². The first-order valence-corrected chi connectivity index (χ1v) is 6.34. The van der Waals surface area contributed by atoms with Crippen molar-refractivity contribution in [1.82, 2.24) is 4.90 Å². The minimum Gasteiger partial charge on any atom is -0.454 e. The van der Waals surface area contributed by atoms with Gasteiger partial charge in [-0.25, -0.2) is 0 Å². The van der Waals surface area contributed by atoms with Crippen LogP contribution in [0.2, 0.25) is 0 Å². The Kier molecular flexibility index (Phi) is 4.44. The number of rotatable bonds is 6. The fraction of sp³-hybridized carbons (Fsp3) is 0.571. The summed E-state index contributed by atoms with van der Waals surface area (Å²) in [5.74, 6) is 1.68. The summed E-state index contributed by atoms with van der Waals surface area (Å²) < 4.78 is 16.2. The molecule has 1 heterocycles. The van der Waals surface area contributed by atoms with E-state index < -0.39 is 0 Å². The molecule has 18 heavy (non-hydrogen) atoms. The van der Waals surface area contributed by atoms with E-state index in [1.807, 2.05) is 12.1 Å². The highest BCUT2D eigenvalue weighted by Gasteiger charge is 2.13. The van der Waals surface area contributed by atoms with Crippen LogP contribution in [0.3, 0.4) is 0 Å². The Morgan fingerprint density at radius 1 is 1.28 bits per heavy atom. The predicted octanol–water partition coefficient (Wildman–Crippen LogP) is 2.27. The number of nitrogens with zero attached hydrogens (tertiary/aromatic N) is 1. The second kappa shape index (κ2) is 6.07. The van der Waals surface area contributed by atoms with Crippen LogP contribution in [-0.4, -0.2) is 38.0 Å². The molecular formula is C14H21NO3. The summed E-state index contributed by atoms with van der Waals surface area (Å²) in [5.41, 5.74) is 1.23. The van der Waals surface area contributed by atoms with Crippen molar-refractivity contribution in [2.75, 3.05) is 27.0 Å². The van der Waals surface area contributed by atoms with Gasteiger partial charge >= 0.3 is 0 Å². The van der Waals surface area contributed by atoms with Gasteiger partial charge in [-0.3, -0.25) is 4.90 Å². The third-order valence-electron chi connectivity index (χ3n) is 2.81. The zero-order chi connectivity index (χ0) is 13.0. The first-order valence-electron chi connectivity index (χ1n) is 6.34. The molecule has 0 N–H and O–H groups in total. The molecule has 0 amide bonds. The van der Waals surface area contributed by atoms with Gasteiger partial charge in [0.2, 0.25) is 6.79 Å². The number of hydrogen-bond donors (Lipinski definition) is 0. The maximum absolute atomic E-state index is 5.54. The van der Waals surface area contributed by atoms with E-state index in [1.54, 1.807) is 0 Å². The molecule has 0 unspecified atom stereocenters. The molecule has 0 bridgehead atoms. The molecule has 0 fully saturated rings. The van der Waals surface area contributed by atoms with E-state index in [2.05, 4.69) is 31.9 Å². The van der Waals surface area contributed by atoms with Crippen LogP contribution in [0, 0.1) is 0 Å². The largest absolute Gasteiger partial charge is 0.454 e. The number of likely N-dealkylation sites (N-methyl/N-ethyl adjacent to an activating group) is 1. The summed E-state index contributed by atoms with van der Waals surface area (Å²) in [5, 5.41) is 0. The molecule has 1 aliphatic rings. The van der Waals surface area contributed by atoms with Crippen LogP contribution in [0.1, 0.15) is 19.4 Å². The SMILES string of the molecule is CC(C)OCCN(C)Cc1ccc2c(c1)OCO2. The molecule has 4 heteroatoms. The third kappa shape index (κ3) is 3.62. The van der Waals surface area contributed by atoms with E-state index in [-0.39, 0.29) is 0 Å². The van der Waals surface area contributed by atoms with Crippen molar-refractivity contribution in [2.24, 2.45) is 0 Å². The summed E-state index contributed by atoms with van der Waals surface area (Å²) in [7, 11) is 2.09. The van der Waals surface area contributed by atoms with Gasteiger partial charge in [-0.2, -0.15) is 0 Å². The van der Waals surface area contributed by atoms with Crippen molar-refractivity contribution in [2.45, 2.75) is 26.5 Å². The Balaban J connectivity index is 1.82. The highest BCUT2D eigenvalue weighted by molar-refractivity contribution is 5.44. The zero-order valence-corrected chi connectivity index (χ0v) is 11.3. The molecule has 1 aliphatic heterocycles. The summed E-state index contributed by atoms with van der Waals surface area (Å²) in [6.45, 7) is 7.01. The average Bonchev–Trinajstić information content (AvgIpc) is 2.75. The Morgan fingerprint density at radius 3 is 2.83 bits per heavy atom. The number of ether oxygens (including phenoxy) is 3. The first-order chi connectivity index (χ1) is 8.65. The molecule has 0 aromatic heterocycles. The fourth-order valence-electron chi connectivity index (χ4n) is 1.87. The van der Waals surface area contributed by atoms with Crippen LogP contribution in [0.5, 0.6) is 11.5 Å². The number of benzene rings is 1. The molecule has 2 rings (SSSR count). The standard InChI is InChI=1S/C14H21NO3/c1-11(2)16-7-6-15(3)9-12-4-5-13-14(8-12)18-10-17-13/h4-5,8,11H,6-7,9-10H2,1-3H3. The molecule has 4 nitrogen and oxygen atoms in total. The van der Waals surface area contributed by atoms with E-state index >= 15 is 0 Å². The van der Waals surface area contributed by atoms with Gasteiger partial charge < -0.3 is 14.2 Å². The summed E-state index contributed by atoms with van der Waals surface area (Å²) in [4.78, 5) is 2.24. The lowest BCUT2D eigenvalue weighted by Gasteiger charge is -2.17. The van der Waals surface area contributed by atoms with Gasteiger partial charge in [-0.15, -0.1) is 0 Å². The molecule has 0 aliphatic carbocycles. The van der Waals surface area contributed by atoms with Crippen molar-refractivity contribution in [1.29, 1.82) is 0 Å². The molecule has 1 aromatic rings. The van der Waals surface area contributed by atoms with Gasteiger partial charge in [-0.1, -0.05) is 6.07 Å². The topological polar surface area (TPSA) is 30.9 Å². The van der Waals surface area contributed by atoms with Crippen LogP contribution < -0.4 is 9.47 Å². The Hall–Kier alpha value is -1.26. The first kappa shape index (κ1) is 13.2. The Labute approximate surface area is 108 Å². The van der Waals surface area contributed by atoms with Crippen LogP contribution in [-0.2, 0) is 11.3 Å². The fourth-order valence-corrected chi connectivity index (χ4v) is 1.87. The van der Waals surface area contributed by atoms with Gasteiger partial charge in [0.1, 0.15) is 0 Å². The van der Waals surface area contributed by atoms with Crippen molar-refractivity contribution in [3.63, 3.8) is 0 Å². The van der Waals surface area contributed by atoms with Crippen molar-refractivity contribution in [3.05, 3.63) is 23.8 Å². The van der Waals surface area contributed by atoms with Gasteiger partial charge in [0, 0.05) is 13.1 Å². The second-order valence-corrected chi connectivity index (χ2v) is 4.84. The van der Waals surface area contributed by atoms with E-state index in [0.29, 0.717) is 12.9 Å². The van der Waals surface area contributed by atoms with E-state index in [0.717, 1.165) is 31.2 Å². The molecule has 0 saturated carbocycles. The molecule has 1 aromatic carbocycles. The summed E-state index contributed by atoms with van der Waals surface area (Å²) >= 11 is 0. The minimum atomic E-state index is 0.295. The highest BCUT2D eigenvalue weighted by atomic mass is 16.7. The van der Waals surface area contributed by atoms with Gasteiger partial charge in [-0.05, 0) is 38.6 Å². The van der Waals surface area contributed by atoms with Gasteiger partial charge in [0.05, 0.1) is 12.7 Å². The van der Waals surface area contributed by atoms with Gasteiger partial charge in [0.15, 0.2) is 11.5 Å². The second-order valence-electron chi connectivity index (χ2n) is 4.84. The lowest BCUT2D eigenvalue weighted by atomic mass is 10.2. The quantitative estimate of drug-likeness (QED) is 0.776. The van der Waals surface area contributed by atoms with E-state index in [4.69, 9.17) is 14.2 Å². The molecule has 0 atom stereocenters. The Bertz CT molecular complexity index is 393. The lowest BCUT2D eigenvalue weighted by molar-refractivity contribution is 0.0627. The van der Waals surface area contributed by atoms with E-state index in [9.17, 15) is 0 Å². The van der Waals surface area contributed by atoms with Crippen LogP contribution >= 0.6 is 0 Å². The average molecular weight is 251 g/mol. The predicted molar refractivity (Wildman–Crippen MR) is 70.0 cm³/mol. The molecule has 0 spiro atoms. The monoisotopic (exact) mass is 251 g/mol. The summed E-state index contributed by atoms with van der Waals surface area (Å²) in [6.07, 6.45) is 0.295.